The van der Waals surface area contributed by atoms with Crippen molar-refractivity contribution >= 4 is 37.6 Å². The van der Waals surface area contributed by atoms with Crippen LogP contribution >= 0.6 is 31.9 Å². The van der Waals surface area contributed by atoms with E-state index in [1.165, 1.54) is 4.68 Å². The minimum Gasteiger partial charge on any atom is -0.292 e. The number of nitrogens with zero attached hydrogens (tertiary/aromatic N) is 4. The largest absolute Gasteiger partial charge is 0.292 e. The van der Waals surface area contributed by atoms with Crippen LogP contribution in [0.25, 0.3) is 0 Å². The predicted molar refractivity (Wildman–Crippen MR) is 64.0 cm³/mol. The van der Waals surface area contributed by atoms with Crippen LogP contribution in [0.15, 0.2) is 34.0 Å². The molecule has 2 heterocycles. The van der Waals surface area contributed by atoms with Crippen LogP contribution in [-0.2, 0) is 6.54 Å². The Bertz CT molecular complexity index is 511. The van der Waals surface area contributed by atoms with E-state index in [2.05, 4.69) is 46.9 Å². The molecule has 0 spiro atoms. The van der Waals surface area contributed by atoms with Crippen LogP contribution in [0.2, 0.25) is 0 Å². The Hall–Kier alpha value is -1.08. The van der Waals surface area contributed by atoms with Crippen molar-refractivity contribution in [1.82, 2.24) is 19.7 Å². The molecule has 0 N–H and O–H groups in total. The Kier molecular flexibility index (Phi) is 3.45. The topological polar surface area (TPSA) is 60.7 Å². The van der Waals surface area contributed by atoms with Crippen molar-refractivity contribution in [1.29, 1.82) is 0 Å². The summed E-state index contributed by atoms with van der Waals surface area (Å²) >= 11 is 6.35. The van der Waals surface area contributed by atoms with Gasteiger partial charge in [-0.2, -0.15) is 4.98 Å². The molecule has 2 aromatic heterocycles. The van der Waals surface area contributed by atoms with Crippen molar-refractivity contribution in [2.24, 2.45) is 0 Å². The van der Waals surface area contributed by atoms with Gasteiger partial charge in [-0.15, -0.1) is 5.10 Å². The second kappa shape index (κ2) is 4.84. The highest BCUT2D eigenvalue weighted by Gasteiger charge is 2.11. The van der Waals surface area contributed by atoms with Crippen molar-refractivity contribution in [3.05, 3.63) is 39.6 Å². The lowest BCUT2D eigenvalue weighted by Crippen LogP contribution is -2.12. The average Bonchev–Trinajstić information content (AvgIpc) is 2.59. The quantitative estimate of drug-likeness (QED) is 0.799. The molecule has 0 radical (unpaired) electrons. The van der Waals surface area contributed by atoms with Gasteiger partial charge in [0.1, 0.15) is 6.54 Å². The Morgan fingerprint density at radius 2 is 2.00 bits per heavy atom. The van der Waals surface area contributed by atoms with Crippen LogP contribution in [0.3, 0.4) is 0 Å². The third-order valence-corrected chi connectivity index (χ3v) is 2.82. The van der Waals surface area contributed by atoms with Gasteiger partial charge in [0.2, 0.25) is 4.73 Å². The molecule has 5 nitrogen and oxygen atoms in total. The summed E-state index contributed by atoms with van der Waals surface area (Å²) in [7, 11) is 0. The number of pyridine rings is 1. The summed E-state index contributed by atoms with van der Waals surface area (Å²) in [5.74, 6) is -0.0412. The maximum atomic E-state index is 11.8. The molecule has 0 aliphatic heterocycles. The SMILES string of the molecule is O=C(Cn1nc(Br)nc1Br)c1ccncc1. The van der Waals surface area contributed by atoms with Gasteiger partial charge >= 0.3 is 0 Å². The molecule has 0 atom stereocenters. The van der Waals surface area contributed by atoms with E-state index in [0.717, 1.165) is 0 Å². The van der Waals surface area contributed by atoms with E-state index in [-0.39, 0.29) is 12.3 Å². The molecule has 2 rings (SSSR count). The number of ketones is 1. The zero-order valence-corrected chi connectivity index (χ0v) is 11.1. The molecule has 7 heteroatoms. The first kappa shape index (κ1) is 11.4. The van der Waals surface area contributed by atoms with E-state index in [1.807, 2.05) is 0 Å². The fraction of sp³-hybridized carbons (Fsp3) is 0.111. The van der Waals surface area contributed by atoms with Gasteiger partial charge in [0.05, 0.1) is 0 Å². The number of halogens is 2. The maximum absolute atomic E-state index is 11.8. The molecule has 0 unspecified atom stereocenters. The molecule has 0 amide bonds. The maximum Gasteiger partial charge on any atom is 0.218 e. The fourth-order valence-electron chi connectivity index (χ4n) is 1.16. The summed E-state index contributed by atoms with van der Waals surface area (Å²) in [6.07, 6.45) is 3.17. The molecule has 16 heavy (non-hydrogen) atoms. The van der Waals surface area contributed by atoms with Gasteiger partial charge in [0, 0.05) is 18.0 Å². The van der Waals surface area contributed by atoms with Crippen LogP contribution < -0.4 is 0 Å². The van der Waals surface area contributed by atoms with Crippen molar-refractivity contribution in [2.75, 3.05) is 0 Å². The summed E-state index contributed by atoms with van der Waals surface area (Å²) < 4.78 is 2.44. The summed E-state index contributed by atoms with van der Waals surface area (Å²) in [5, 5.41) is 4.01. The first-order valence-corrected chi connectivity index (χ1v) is 5.94. The second-order valence-electron chi connectivity index (χ2n) is 2.97. The monoisotopic (exact) mass is 344 g/mol. The molecule has 0 saturated carbocycles. The van der Waals surface area contributed by atoms with Crippen molar-refractivity contribution in [3.8, 4) is 0 Å². The summed E-state index contributed by atoms with van der Waals surface area (Å²) in [5.41, 5.74) is 0.605. The van der Waals surface area contributed by atoms with Gasteiger partial charge in [0.15, 0.2) is 10.5 Å². The smallest absolute Gasteiger partial charge is 0.218 e. The number of carbonyl (C=O) groups is 1. The van der Waals surface area contributed by atoms with Crippen molar-refractivity contribution < 1.29 is 4.79 Å². The molecule has 0 saturated heterocycles. The Balaban J connectivity index is 2.17. The van der Waals surface area contributed by atoms with Gasteiger partial charge in [-0.3, -0.25) is 9.78 Å². The molecule has 0 aliphatic carbocycles. The van der Waals surface area contributed by atoms with Gasteiger partial charge < -0.3 is 0 Å². The number of hydrogen-bond donors (Lipinski definition) is 0. The average molecular weight is 346 g/mol. The molecule has 0 bridgehead atoms. The van der Waals surface area contributed by atoms with Crippen LogP contribution in [0.1, 0.15) is 10.4 Å². The van der Waals surface area contributed by atoms with Gasteiger partial charge in [0.25, 0.3) is 0 Å². The van der Waals surface area contributed by atoms with Crippen LogP contribution in [0, 0.1) is 0 Å². The predicted octanol–water partition coefficient (Wildman–Crippen LogP) is 2.08. The first-order chi connectivity index (χ1) is 7.66. The third-order valence-electron chi connectivity index (χ3n) is 1.90. The lowest BCUT2D eigenvalue weighted by atomic mass is 10.2. The van der Waals surface area contributed by atoms with Gasteiger partial charge in [-0.05, 0) is 44.0 Å². The highest BCUT2D eigenvalue weighted by atomic mass is 79.9. The van der Waals surface area contributed by atoms with E-state index in [1.54, 1.807) is 24.5 Å². The van der Waals surface area contributed by atoms with Gasteiger partial charge in [-0.25, -0.2) is 4.68 Å². The lowest BCUT2D eigenvalue weighted by molar-refractivity contribution is 0.0966. The van der Waals surface area contributed by atoms with Crippen molar-refractivity contribution in [2.45, 2.75) is 6.54 Å². The standard InChI is InChI=1S/C9H6Br2N4O/c10-8-13-9(11)15(14-8)5-7(16)6-1-3-12-4-2-6/h1-4H,5H2. The minimum absolute atomic E-state index is 0.0412. The second-order valence-corrected chi connectivity index (χ2v) is 4.39. The molecule has 0 fully saturated rings. The van der Waals surface area contributed by atoms with Gasteiger partial charge in [-0.1, -0.05) is 0 Å². The Morgan fingerprint density at radius 1 is 1.31 bits per heavy atom. The molecule has 0 aliphatic rings. The molecule has 2 aromatic rings. The normalized spacial score (nSPS) is 10.4. The number of rotatable bonds is 3. The Labute approximate surface area is 108 Å². The summed E-state index contributed by atoms with van der Waals surface area (Å²) in [6.45, 7) is 0.142. The zero-order valence-electron chi connectivity index (χ0n) is 7.97. The van der Waals surface area contributed by atoms with E-state index in [9.17, 15) is 4.79 Å². The Morgan fingerprint density at radius 3 is 2.56 bits per heavy atom. The minimum atomic E-state index is -0.0412. The van der Waals surface area contributed by atoms with E-state index in [0.29, 0.717) is 15.0 Å². The summed E-state index contributed by atoms with van der Waals surface area (Å²) in [6, 6.07) is 3.34. The molecule has 0 aromatic carbocycles. The van der Waals surface area contributed by atoms with Crippen molar-refractivity contribution in [3.63, 3.8) is 0 Å². The fourth-order valence-corrected chi connectivity index (χ4v) is 2.13. The van der Waals surface area contributed by atoms with E-state index in [4.69, 9.17) is 0 Å². The van der Waals surface area contributed by atoms with E-state index >= 15 is 0 Å². The van der Waals surface area contributed by atoms with Crippen LogP contribution in [-0.4, -0.2) is 25.5 Å². The number of aromatic nitrogens is 4. The number of carbonyl (C=O) groups excluding carboxylic acids is 1. The lowest BCUT2D eigenvalue weighted by Gasteiger charge is -2.01. The zero-order chi connectivity index (χ0) is 11.5. The van der Waals surface area contributed by atoms with E-state index < -0.39 is 0 Å². The van der Waals surface area contributed by atoms with Crippen LogP contribution in [0.4, 0.5) is 0 Å². The highest BCUT2D eigenvalue weighted by Crippen LogP contribution is 2.12. The summed E-state index contributed by atoms with van der Waals surface area (Å²) in [4.78, 5) is 19.7. The first-order valence-electron chi connectivity index (χ1n) is 4.36. The highest BCUT2D eigenvalue weighted by molar-refractivity contribution is 9.11. The molecule has 82 valence electrons. The van der Waals surface area contributed by atoms with Crippen LogP contribution in [0.5, 0.6) is 0 Å². The molecular formula is C9H6Br2N4O. The number of hydrogen-bond acceptors (Lipinski definition) is 4. The number of Topliss-reactive ketones (excluding diaryl/α,β-unsaturated/α-hetero) is 1. The third kappa shape index (κ3) is 2.53. The molecular weight excluding hydrogens is 340 g/mol.